The van der Waals surface area contributed by atoms with Gasteiger partial charge >= 0.3 is 0 Å². The zero-order valence-corrected chi connectivity index (χ0v) is 8.87. The lowest BCUT2D eigenvalue weighted by molar-refractivity contribution is -0.305. The van der Waals surface area contributed by atoms with E-state index in [2.05, 4.69) is 0 Å². The van der Waals surface area contributed by atoms with Gasteiger partial charge in [0.1, 0.15) is 0 Å². The number of hydrogen-bond donors (Lipinski definition) is 0. The van der Waals surface area contributed by atoms with E-state index in [-0.39, 0.29) is 18.6 Å². The molecule has 0 spiro atoms. The summed E-state index contributed by atoms with van der Waals surface area (Å²) in [5.74, 6) is -1.34. The number of carboxylic acid groups (broad SMARTS) is 1. The number of aryl methyl sites for hydroxylation is 2. The van der Waals surface area contributed by atoms with Gasteiger partial charge < -0.3 is 9.90 Å². The number of Topliss-reactive ketones (excluding diaryl/α,β-unsaturated/α-hetero) is 1. The normalized spacial score (nSPS) is 10.0. The first-order chi connectivity index (χ1) is 7.00. The highest BCUT2D eigenvalue weighted by molar-refractivity contribution is 5.97. The quantitative estimate of drug-likeness (QED) is 0.689. The molecule has 1 aromatic carbocycles. The maximum Gasteiger partial charge on any atom is 0.163 e. The Kier molecular flexibility index (Phi) is 3.61. The smallest absolute Gasteiger partial charge is 0.163 e. The molecule has 80 valence electrons. The van der Waals surface area contributed by atoms with Crippen LogP contribution < -0.4 is 5.11 Å². The Morgan fingerprint density at radius 1 is 1.13 bits per heavy atom. The molecule has 0 radical (unpaired) electrons. The predicted molar refractivity (Wildman–Crippen MR) is 54.5 cm³/mol. The molecular weight excluding hydrogens is 192 g/mol. The maximum atomic E-state index is 11.5. The van der Waals surface area contributed by atoms with E-state index in [0.717, 1.165) is 11.1 Å². The van der Waals surface area contributed by atoms with Crippen LogP contribution in [0.2, 0.25) is 0 Å². The van der Waals surface area contributed by atoms with Crippen molar-refractivity contribution in [2.45, 2.75) is 26.7 Å². The van der Waals surface area contributed by atoms with Crippen LogP contribution in [0.5, 0.6) is 0 Å². The molecule has 1 aromatic rings. The largest absolute Gasteiger partial charge is 0.550 e. The third-order valence-electron chi connectivity index (χ3n) is 2.39. The number of carbonyl (C=O) groups excluding carboxylic acids is 2. The Hall–Kier alpha value is -1.64. The van der Waals surface area contributed by atoms with E-state index < -0.39 is 5.97 Å². The third-order valence-corrected chi connectivity index (χ3v) is 2.39. The molecule has 0 bridgehead atoms. The summed E-state index contributed by atoms with van der Waals surface area (Å²) < 4.78 is 0. The lowest BCUT2D eigenvalue weighted by atomic mass is 10.0. The standard InChI is InChI=1S/C12H14O3/c1-8-3-4-10(7-9(8)2)11(13)5-6-12(14)15/h3-4,7H,5-6H2,1-2H3,(H,14,15)/p-1. The van der Waals surface area contributed by atoms with Crippen molar-refractivity contribution in [2.24, 2.45) is 0 Å². The first kappa shape index (κ1) is 11.4. The molecule has 15 heavy (non-hydrogen) atoms. The van der Waals surface area contributed by atoms with Crippen LogP contribution in [-0.2, 0) is 4.79 Å². The minimum absolute atomic E-state index is 0.00480. The lowest BCUT2D eigenvalue weighted by Gasteiger charge is -2.05. The molecular formula is C12H13O3-. The fourth-order valence-electron chi connectivity index (χ4n) is 1.27. The fourth-order valence-corrected chi connectivity index (χ4v) is 1.27. The summed E-state index contributed by atoms with van der Waals surface area (Å²) in [6.45, 7) is 3.88. The highest BCUT2D eigenvalue weighted by atomic mass is 16.4. The van der Waals surface area contributed by atoms with E-state index in [4.69, 9.17) is 0 Å². The molecule has 1 rings (SSSR count). The summed E-state index contributed by atoms with van der Waals surface area (Å²) in [4.78, 5) is 21.7. The van der Waals surface area contributed by atoms with Gasteiger partial charge in [-0.1, -0.05) is 12.1 Å². The van der Waals surface area contributed by atoms with Crippen molar-refractivity contribution in [3.05, 3.63) is 34.9 Å². The van der Waals surface area contributed by atoms with Crippen LogP contribution >= 0.6 is 0 Å². The van der Waals surface area contributed by atoms with Crippen LogP contribution in [0.3, 0.4) is 0 Å². The van der Waals surface area contributed by atoms with Crippen molar-refractivity contribution < 1.29 is 14.7 Å². The molecule has 0 amide bonds. The highest BCUT2D eigenvalue weighted by Crippen LogP contribution is 2.12. The van der Waals surface area contributed by atoms with Gasteiger partial charge in [-0.25, -0.2) is 0 Å². The van der Waals surface area contributed by atoms with Crippen LogP contribution in [0.15, 0.2) is 18.2 Å². The van der Waals surface area contributed by atoms with Crippen LogP contribution in [-0.4, -0.2) is 11.8 Å². The number of ketones is 1. The lowest BCUT2D eigenvalue weighted by Crippen LogP contribution is -2.22. The van der Waals surface area contributed by atoms with Crippen molar-refractivity contribution in [1.82, 2.24) is 0 Å². The maximum absolute atomic E-state index is 11.5. The van der Waals surface area contributed by atoms with E-state index in [9.17, 15) is 14.7 Å². The number of benzene rings is 1. The monoisotopic (exact) mass is 205 g/mol. The molecule has 3 nitrogen and oxygen atoms in total. The molecule has 0 saturated carbocycles. The topological polar surface area (TPSA) is 57.2 Å². The van der Waals surface area contributed by atoms with Crippen molar-refractivity contribution in [2.75, 3.05) is 0 Å². The second-order valence-corrected chi connectivity index (χ2v) is 3.59. The summed E-state index contributed by atoms with van der Waals surface area (Å²) >= 11 is 0. The molecule has 0 aliphatic carbocycles. The van der Waals surface area contributed by atoms with Gasteiger partial charge in [-0.3, -0.25) is 4.79 Å². The average Bonchev–Trinajstić information content (AvgIpc) is 2.18. The number of carboxylic acids is 1. The zero-order valence-electron chi connectivity index (χ0n) is 8.87. The van der Waals surface area contributed by atoms with Crippen LogP contribution in [0.4, 0.5) is 0 Å². The summed E-state index contributed by atoms with van der Waals surface area (Å²) in [7, 11) is 0. The molecule has 0 heterocycles. The van der Waals surface area contributed by atoms with Gasteiger partial charge in [-0.2, -0.15) is 0 Å². The number of rotatable bonds is 4. The zero-order chi connectivity index (χ0) is 11.4. The average molecular weight is 205 g/mol. The van der Waals surface area contributed by atoms with E-state index in [1.165, 1.54) is 0 Å². The first-order valence-electron chi connectivity index (χ1n) is 4.81. The second kappa shape index (κ2) is 4.73. The van der Waals surface area contributed by atoms with Crippen molar-refractivity contribution in [3.63, 3.8) is 0 Å². The van der Waals surface area contributed by atoms with Crippen molar-refractivity contribution in [3.8, 4) is 0 Å². The summed E-state index contributed by atoms with van der Waals surface area (Å²) in [5.41, 5.74) is 2.72. The number of hydrogen-bond acceptors (Lipinski definition) is 3. The van der Waals surface area contributed by atoms with Gasteiger partial charge in [0.2, 0.25) is 0 Å². The van der Waals surface area contributed by atoms with E-state index in [1.54, 1.807) is 12.1 Å². The molecule has 0 saturated heterocycles. The Morgan fingerprint density at radius 2 is 1.80 bits per heavy atom. The molecule has 3 heteroatoms. The van der Waals surface area contributed by atoms with Gasteiger partial charge in [-0.15, -0.1) is 0 Å². The van der Waals surface area contributed by atoms with Crippen LogP contribution in [0, 0.1) is 13.8 Å². The van der Waals surface area contributed by atoms with Gasteiger partial charge in [-0.05, 0) is 37.5 Å². The molecule has 0 fully saturated rings. The van der Waals surface area contributed by atoms with Gasteiger partial charge in [0, 0.05) is 18.0 Å². The summed E-state index contributed by atoms with van der Waals surface area (Å²) in [5, 5.41) is 10.2. The Balaban J connectivity index is 2.74. The Bertz CT molecular complexity index is 394. The Labute approximate surface area is 88.7 Å². The summed E-state index contributed by atoms with van der Waals surface area (Å²) in [6, 6.07) is 5.37. The molecule has 0 aliphatic rings. The minimum atomic E-state index is -1.19. The predicted octanol–water partition coefficient (Wildman–Crippen LogP) is 1.02. The second-order valence-electron chi connectivity index (χ2n) is 3.59. The third kappa shape index (κ3) is 3.20. The molecule has 0 unspecified atom stereocenters. The molecule has 0 aromatic heterocycles. The molecule has 0 atom stereocenters. The SMILES string of the molecule is Cc1ccc(C(=O)CCC(=O)[O-])cc1C. The minimum Gasteiger partial charge on any atom is -0.550 e. The van der Waals surface area contributed by atoms with Crippen LogP contribution in [0.1, 0.15) is 34.3 Å². The number of carbonyl (C=O) groups is 2. The van der Waals surface area contributed by atoms with Gasteiger partial charge in [0.25, 0.3) is 0 Å². The summed E-state index contributed by atoms with van der Waals surface area (Å²) in [6.07, 6.45) is -0.212. The van der Waals surface area contributed by atoms with E-state index in [0.29, 0.717) is 5.56 Å². The van der Waals surface area contributed by atoms with Gasteiger partial charge in [0.05, 0.1) is 0 Å². The fraction of sp³-hybridized carbons (Fsp3) is 0.333. The first-order valence-corrected chi connectivity index (χ1v) is 4.81. The van der Waals surface area contributed by atoms with Crippen molar-refractivity contribution >= 4 is 11.8 Å². The van der Waals surface area contributed by atoms with Gasteiger partial charge in [0.15, 0.2) is 5.78 Å². The highest BCUT2D eigenvalue weighted by Gasteiger charge is 2.06. The van der Waals surface area contributed by atoms with E-state index >= 15 is 0 Å². The Morgan fingerprint density at radius 3 is 2.33 bits per heavy atom. The van der Waals surface area contributed by atoms with Crippen LogP contribution in [0.25, 0.3) is 0 Å². The molecule has 0 aliphatic heterocycles. The number of aliphatic carboxylic acids is 1. The molecule has 0 N–H and O–H groups in total. The van der Waals surface area contributed by atoms with Crippen molar-refractivity contribution in [1.29, 1.82) is 0 Å². The van der Waals surface area contributed by atoms with E-state index in [1.807, 2.05) is 19.9 Å².